The van der Waals surface area contributed by atoms with E-state index in [2.05, 4.69) is 15.0 Å². The summed E-state index contributed by atoms with van der Waals surface area (Å²) in [6.45, 7) is 0. The van der Waals surface area contributed by atoms with Gasteiger partial charge in [0, 0.05) is 0 Å². The molecule has 0 aliphatic carbocycles. The Morgan fingerprint density at radius 1 is 1.62 bits per heavy atom. The minimum Gasteiger partial charge on any atom is -0.339 e. The summed E-state index contributed by atoms with van der Waals surface area (Å²) < 4.78 is 0. The van der Waals surface area contributed by atoms with Crippen molar-refractivity contribution in [3.8, 4) is 6.07 Å². The van der Waals surface area contributed by atoms with Crippen LogP contribution >= 0.6 is 11.6 Å². The normalized spacial score (nSPS) is 10.2. The highest BCUT2D eigenvalue weighted by Crippen LogP contribution is 2.20. The summed E-state index contributed by atoms with van der Waals surface area (Å²) in [6.07, 6.45) is 1.23. The van der Waals surface area contributed by atoms with E-state index in [1.165, 1.54) is 6.33 Å². The first-order valence-corrected chi connectivity index (χ1v) is 3.77. The van der Waals surface area contributed by atoms with Crippen molar-refractivity contribution in [1.82, 2.24) is 15.0 Å². The van der Waals surface area contributed by atoms with Crippen LogP contribution in [0.1, 0.15) is 5.56 Å². The molecule has 2 heterocycles. The molecular formula is C7H3ClN4O. The standard InChI is InChI=1S/C7H3ClN4O/c8-6-3(1-9)4-5(12-6)7(13)11-2-10-4/h2,12H,(H,10,11,13). The summed E-state index contributed by atoms with van der Waals surface area (Å²) in [6, 6.07) is 1.87. The quantitative estimate of drug-likeness (QED) is 0.650. The van der Waals surface area contributed by atoms with Crippen LogP contribution < -0.4 is 5.56 Å². The molecule has 13 heavy (non-hydrogen) atoms. The number of aromatic amines is 2. The van der Waals surface area contributed by atoms with Gasteiger partial charge in [-0.3, -0.25) is 4.79 Å². The summed E-state index contributed by atoms with van der Waals surface area (Å²) >= 11 is 5.67. The summed E-state index contributed by atoms with van der Waals surface area (Å²) in [5.74, 6) is 0. The van der Waals surface area contributed by atoms with Crippen molar-refractivity contribution < 1.29 is 0 Å². The molecule has 0 bridgehead atoms. The second-order valence-electron chi connectivity index (χ2n) is 2.38. The van der Waals surface area contributed by atoms with Gasteiger partial charge in [0.15, 0.2) is 0 Å². The van der Waals surface area contributed by atoms with Gasteiger partial charge in [-0.15, -0.1) is 0 Å². The van der Waals surface area contributed by atoms with Crippen LogP contribution in [-0.4, -0.2) is 15.0 Å². The van der Waals surface area contributed by atoms with E-state index in [1.54, 1.807) is 0 Å². The van der Waals surface area contributed by atoms with Crippen LogP contribution in [-0.2, 0) is 0 Å². The number of rotatable bonds is 0. The largest absolute Gasteiger partial charge is 0.339 e. The van der Waals surface area contributed by atoms with Gasteiger partial charge in [0.2, 0.25) is 0 Å². The van der Waals surface area contributed by atoms with Crippen LogP contribution in [0, 0.1) is 11.3 Å². The van der Waals surface area contributed by atoms with Crippen LogP contribution in [0.15, 0.2) is 11.1 Å². The monoisotopic (exact) mass is 194 g/mol. The highest BCUT2D eigenvalue weighted by atomic mass is 35.5. The summed E-state index contributed by atoms with van der Waals surface area (Å²) in [5, 5.41) is 8.83. The van der Waals surface area contributed by atoms with Gasteiger partial charge < -0.3 is 9.97 Å². The fourth-order valence-corrected chi connectivity index (χ4v) is 1.31. The molecule has 0 amide bonds. The zero-order valence-corrected chi connectivity index (χ0v) is 7.01. The number of aromatic nitrogens is 3. The van der Waals surface area contributed by atoms with E-state index < -0.39 is 0 Å². The highest BCUT2D eigenvalue weighted by Gasteiger charge is 2.12. The summed E-state index contributed by atoms with van der Waals surface area (Å²) in [4.78, 5) is 20.0. The van der Waals surface area contributed by atoms with E-state index in [1.807, 2.05) is 6.07 Å². The SMILES string of the molecule is N#Cc1c(Cl)[nH]c2c(=O)[nH]cnc12. The molecule has 0 saturated carbocycles. The second-order valence-corrected chi connectivity index (χ2v) is 2.76. The Balaban J connectivity index is 3.05. The molecule has 64 valence electrons. The predicted molar refractivity (Wildman–Crippen MR) is 46.4 cm³/mol. The predicted octanol–water partition coefficient (Wildman–Crippen LogP) is 0.776. The summed E-state index contributed by atoms with van der Waals surface area (Å²) in [5.41, 5.74) is 0.386. The lowest BCUT2D eigenvalue weighted by Crippen LogP contribution is -2.05. The van der Waals surface area contributed by atoms with E-state index in [9.17, 15) is 4.79 Å². The second kappa shape index (κ2) is 2.61. The number of hydrogen-bond donors (Lipinski definition) is 2. The molecule has 0 aliphatic heterocycles. The van der Waals surface area contributed by atoms with Crippen LogP contribution in [0.5, 0.6) is 0 Å². The van der Waals surface area contributed by atoms with Gasteiger partial charge in [-0.05, 0) is 0 Å². The van der Waals surface area contributed by atoms with Crippen molar-refractivity contribution in [3.05, 3.63) is 27.4 Å². The average Bonchev–Trinajstić information content (AvgIpc) is 2.43. The molecule has 0 fully saturated rings. The first-order valence-electron chi connectivity index (χ1n) is 3.39. The maximum absolute atomic E-state index is 11.2. The molecule has 6 heteroatoms. The molecule has 2 aromatic rings. The molecule has 0 spiro atoms. The van der Waals surface area contributed by atoms with E-state index in [0.29, 0.717) is 5.52 Å². The molecule has 2 aromatic heterocycles. The lowest BCUT2D eigenvalue weighted by Gasteiger charge is -1.85. The van der Waals surface area contributed by atoms with Gasteiger partial charge in [0.1, 0.15) is 27.8 Å². The van der Waals surface area contributed by atoms with Crippen molar-refractivity contribution in [2.75, 3.05) is 0 Å². The minimum atomic E-state index is -0.339. The number of H-pyrrole nitrogens is 2. The van der Waals surface area contributed by atoms with E-state index in [0.717, 1.165) is 0 Å². The Labute approximate surface area is 77.0 Å². The van der Waals surface area contributed by atoms with Crippen LogP contribution in [0.4, 0.5) is 0 Å². The number of nitrogens with zero attached hydrogens (tertiary/aromatic N) is 2. The third-order valence-corrected chi connectivity index (χ3v) is 1.94. The van der Waals surface area contributed by atoms with Crippen molar-refractivity contribution >= 4 is 22.6 Å². The average molecular weight is 195 g/mol. The molecule has 0 aromatic carbocycles. The zero-order valence-electron chi connectivity index (χ0n) is 6.26. The maximum atomic E-state index is 11.2. The number of nitriles is 1. The molecule has 0 saturated heterocycles. The Morgan fingerprint density at radius 2 is 2.38 bits per heavy atom. The molecule has 0 unspecified atom stereocenters. The van der Waals surface area contributed by atoms with Crippen LogP contribution in [0.25, 0.3) is 11.0 Å². The van der Waals surface area contributed by atoms with Crippen LogP contribution in [0.3, 0.4) is 0 Å². The Bertz CT molecular complexity index is 562. The van der Waals surface area contributed by atoms with Crippen molar-refractivity contribution in [1.29, 1.82) is 5.26 Å². The van der Waals surface area contributed by atoms with Gasteiger partial charge in [-0.25, -0.2) is 4.98 Å². The Hall–Kier alpha value is -1.80. The van der Waals surface area contributed by atoms with E-state index in [-0.39, 0.29) is 21.8 Å². The number of hydrogen-bond acceptors (Lipinski definition) is 3. The lowest BCUT2D eigenvalue weighted by molar-refractivity contribution is 1.16. The smallest absolute Gasteiger partial charge is 0.275 e. The first kappa shape index (κ1) is 7.83. The van der Waals surface area contributed by atoms with Crippen molar-refractivity contribution in [2.45, 2.75) is 0 Å². The van der Waals surface area contributed by atoms with Gasteiger partial charge in [0.25, 0.3) is 5.56 Å². The molecule has 2 N–H and O–H groups in total. The Kier molecular flexibility index (Phi) is 1.57. The van der Waals surface area contributed by atoms with E-state index in [4.69, 9.17) is 16.9 Å². The molecule has 0 radical (unpaired) electrons. The summed E-state index contributed by atoms with van der Waals surface area (Å²) in [7, 11) is 0. The molecule has 0 atom stereocenters. The first-order chi connectivity index (χ1) is 6.24. The lowest BCUT2D eigenvalue weighted by atomic mass is 10.3. The van der Waals surface area contributed by atoms with Gasteiger partial charge >= 0.3 is 0 Å². The van der Waals surface area contributed by atoms with Crippen molar-refractivity contribution in [2.24, 2.45) is 0 Å². The third kappa shape index (κ3) is 0.999. The number of fused-ring (bicyclic) bond motifs is 1. The Morgan fingerprint density at radius 3 is 3.08 bits per heavy atom. The molecule has 2 rings (SSSR count). The fraction of sp³-hybridized carbons (Fsp3) is 0. The van der Waals surface area contributed by atoms with Gasteiger partial charge in [-0.2, -0.15) is 5.26 Å². The van der Waals surface area contributed by atoms with Crippen LogP contribution in [0.2, 0.25) is 5.15 Å². The third-order valence-electron chi connectivity index (χ3n) is 1.66. The maximum Gasteiger partial charge on any atom is 0.275 e. The highest BCUT2D eigenvalue weighted by molar-refractivity contribution is 6.32. The molecular weight excluding hydrogens is 192 g/mol. The number of halogens is 1. The van der Waals surface area contributed by atoms with Gasteiger partial charge in [0.05, 0.1) is 6.33 Å². The van der Waals surface area contributed by atoms with Crippen molar-refractivity contribution in [3.63, 3.8) is 0 Å². The van der Waals surface area contributed by atoms with Gasteiger partial charge in [-0.1, -0.05) is 11.6 Å². The minimum absolute atomic E-state index is 0.140. The molecule has 0 aliphatic rings. The topological polar surface area (TPSA) is 85.3 Å². The molecule has 5 nitrogen and oxygen atoms in total. The fourth-order valence-electron chi connectivity index (χ4n) is 1.08. The zero-order chi connectivity index (χ0) is 9.42. The van der Waals surface area contributed by atoms with E-state index >= 15 is 0 Å². The number of nitrogens with one attached hydrogen (secondary N) is 2.